The van der Waals surface area contributed by atoms with Gasteiger partial charge in [-0.1, -0.05) is 6.07 Å². The largest absolute Gasteiger partial charge is 0.454 e. The molecule has 0 saturated heterocycles. The van der Waals surface area contributed by atoms with Crippen molar-refractivity contribution in [1.82, 2.24) is 0 Å². The highest BCUT2D eigenvalue weighted by Gasteiger charge is 2.34. The zero-order valence-electron chi connectivity index (χ0n) is 9.95. The van der Waals surface area contributed by atoms with E-state index in [9.17, 15) is 10.2 Å². The molecule has 18 heavy (non-hydrogen) atoms. The van der Waals surface area contributed by atoms with Crippen LogP contribution in [0.15, 0.2) is 18.2 Å². The van der Waals surface area contributed by atoms with Crippen molar-refractivity contribution in [1.29, 1.82) is 0 Å². The van der Waals surface area contributed by atoms with Crippen LogP contribution in [0.4, 0.5) is 0 Å². The lowest BCUT2D eigenvalue weighted by molar-refractivity contribution is -0.0209. The minimum atomic E-state index is -0.717. The maximum absolute atomic E-state index is 9.76. The van der Waals surface area contributed by atoms with Crippen LogP contribution in [0, 0.1) is 0 Å². The van der Waals surface area contributed by atoms with Crippen molar-refractivity contribution in [3.05, 3.63) is 23.8 Å². The highest BCUT2D eigenvalue weighted by atomic mass is 16.7. The molecule has 0 spiro atoms. The number of ether oxygens (including phenoxy) is 2. The van der Waals surface area contributed by atoms with Crippen molar-refractivity contribution < 1.29 is 19.7 Å². The highest BCUT2D eigenvalue weighted by Crippen LogP contribution is 2.38. The molecule has 1 aromatic rings. The zero-order chi connectivity index (χ0) is 12.7. The van der Waals surface area contributed by atoms with Gasteiger partial charge in [0.15, 0.2) is 11.5 Å². The van der Waals surface area contributed by atoms with Gasteiger partial charge in [0.25, 0.3) is 0 Å². The molecule has 1 aromatic carbocycles. The molecular formula is C13H17NO4. The summed E-state index contributed by atoms with van der Waals surface area (Å²) in [4.78, 5) is 0. The van der Waals surface area contributed by atoms with Gasteiger partial charge in [0.2, 0.25) is 6.79 Å². The van der Waals surface area contributed by atoms with E-state index in [-0.39, 0.29) is 18.8 Å². The first kappa shape index (κ1) is 11.8. The highest BCUT2D eigenvalue weighted by molar-refractivity contribution is 5.45. The normalized spacial score (nSPS) is 34.6. The topological polar surface area (TPSA) is 84.9 Å². The molecule has 4 unspecified atom stereocenters. The summed E-state index contributed by atoms with van der Waals surface area (Å²) in [5, 5.41) is 19.4. The lowest BCUT2D eigenvalue weighted by Crippen LogP contribution is -2.44. The predicted molar refractivity (Wildman–Crippen MR) is 64.5 cm³/mol. The number of rotatable bonds is 1. The molecule has 3 rings (SSSR count). The number of hydrogen-bond donors (Lipinski definition) is 3. The fourth-order valence-corrected chi connectivity index (χ4v) is 2.72. The monoisotopic (exact) mass is 251 g/mol. The van der Waals surface area contributed by atoms with Crippen LogP contribution < -0.4 is 15.2 Å². The van der Waals surface area contributed by atoms with Gasteiger partial charge in [-0.05, 0) is 30.5 Å². The summed E-state index contributed by atoms with van der Waals surface area (Å²) in [6.07, 6.45) is -0.534. The first-order chi connectivity index (χ1) is 8.65. The maximum atomic E-state index is 9.76. The molecule has 1 saturated carbocycles. The Kier molecular flexibility index (Phi) is 2.89. The predicted octanol–water partition coefficient (Wildman–Crippen LogP) is 0.342. The van der Waals surface area contributed by atoms with Gasteiger partial charge in [-0.15, -0.1) is 0 Å². The summed E-state index contributed by atoms with van der Waals surface area (Å²) in [5.41, 5.74) is 7.09. The van der Waals surface area contributed by atoms with Crippen LogP contribution in [0.3, 0.4) is 0 Å². The molecule has 2 aliphatic rings. The van der Waals surface area contributed by atoms with E-state index in [0.717, 1.165) is 17.1 Å². The summed E-state index contributed by atoms with van der Waals surface area (Å²) >= 11 is 0. The van der Waals surface area contributed by atoms with Crippen molar-refractivity contribution >= 4 is 0 Å². The molecule has 1 fully saturated rings. The first-order valence-electron chi connectivity index (χ1n) is 6.16. The molecule has 4 N–H and O–H groups in total. The molecular weight excluding hydrogens is 234 g/mol. The number of aliphatic hydroxyl groups is 2. The smallest absolute Gasteiger partial charge is 0.231 e. The third kappa shape index (κ3) is 1.94. The molecule has 1 aliphatic carbocycles. The van der Waals surface area contributed by atoms with Crippen LogP contribution in [0.25, 0.3) is 0 Å². The van der Waals surface area contributed by atoms with E-state index in [1.54, 1.807) is 0 Å². The summed E-state index contributed by atoms with van der Waals surface area (Å²) < 4.78 is 10.6. The quantitative estimate of drug-likeness (QED) is 0.670. The van der Waals surface area contributed by atoms with Gasteiger partial charge in [0.1, 0.15) is 0 Å². The van der Waals surface area contributed by atoms with Gasteiger partial charge >= 0.3 is 0 Å². The Morgan fingerprint density at radius 3 is 2.61 bits per heavy atom. The van der Waals surface area contributed by atoms with E-state index in [4.69, 9.17) is 15.2 Å². The zero-order valence-corrected chi connectivity index (χ0v) is 9.95. The van der Waals surface area contributed by atoms with E-state index in [0.29, 0.717) is 12.8 Å². The van der Waals surface area contributed by atoms with Gasteiger partial charge in [-0.2, -0.15) is 0 Å². The molecule has 5 nitrogen and oxygen atoms in total. The Balaban J connectivity index is 1.85. The van der Waals surface area contributed by atoms with Crippen molar-refractivity contribution in [2.24, 2.45) is 5.73 Å². The molecule has 5 heteroatoms. The van der Waals surface area contributed by atoms with Gasteiger partial charge in [0, 0.05) is 12.0 Å². The first-order valence-corrected chi connectivity index (χ1v) is 6.16. The molecule has 1 aliphatic heterocycles. The molecule has 4 atom stereocenters. The fraction of sp³-hybridized carbons (Fsp3) is 0.538. The fourth-order valence-electron chi connectivity index (χ4n) is 2.72. The number of fused-ring (bicyclic) bond motifs is 1. The Morgan fingerprint density at radius 1 is 1.06 bits per heavy atom. The van der Waals surface area contributed by atoms with E-state index in [2.05, 4.69) is 0 Å². The molecule has 0 radical (unpaired) electrons. The lowest BCUT2D eigenvalue weighted by atomic mass is 9.77. The number of hydrogen-bond acceptors (Lipinski definition) is 5. The Labute approximate surface area is 105 Å². The van der Waals surface area contributed by atoms with E-state index < -0.39 is 12.2 Å². The average molecular weight is 251 g/mol. The summed E-state index contributed by atoms with van der Waals surface area (Å²) in [7, 11) is 0. The summed E-state index contributed by atoms with van der Waals surface area (Å²) in [5.74, 6) is 1.50. The van der Waals surface area contributed by atoms with E-state index in [1.165, 1.54) is 0 Å². The Bertz CT molecular complexity index is 451. The standard InChI is InChI=1S/C13H17NO4/c14-9-5-11(16)10(15)4-8(9)7-1-2-12-13(3-7)18-6-17-12/h1-3,8-11,15-16H,4-6,14H2. The van der Waals surface area contributed by atoms with Crippen molar-refractivity contribution in [3.8, 4) is 11.5 Å². The van der Waals surface area contributed by atoms with Crippen LogP contribution in [0.5, 0.6) is 11.5 Å². The van der Waals surface area contributed by atoms with Gasteiger partial charge in [0.05, 0.1) is 12.2 Å². The minimum Gasteiger partial charge on any atom is -0.454 e. The minimum absolute atomic E-state index is 0.0397. The van der Waals surface area contributed by atoms with Crippen molar-refractivity contribution in [2.45, 2.75) is 37.0 Å². The van der Waals surface area contributed by atoms with Gasteiger partial charge in [-0.3, -0.25) is 0 Å². The second-order valence-corrected chi connectivity index (χ2v) is 4.99. The molecule has 98 valence electrons. The lowest BCUT2D eigenvalue weighted by Gasteiger charge is -2.35. The summed E-state index contributed by atoms with van der Waals surface area (Å²) in [6, 6.07) is 5.57. The van der Waals surface area contributed by atoms with Crippen LogP contribution in [-0.2, 0) is 0 Å². The van der Waals surface area contributed by atoms with Crippen LogP contribution in [0.1, 0.15) is 24.3 Å². The average Bonchev–Trinajstić information content (AvgIpc) is 2.80. The Morgan fingerprint density at radius 2 is 1.78 bits per heavy atom. The van der Waals surface area contributed by atoms with Gasteiger partial charge in [-0.25, -0.2) is 0 Å². The molecule has 0 bridgehead atoms. The van der Waals surface area contributed by atoms with Gasteiger partial charge < -0.3 is 25.4 Å². The van der Waals surface area contributed by atoms with Crippen LogP contribution in [-0.4, -0.2) is 35.3 Å². The SMILES string of the molecule is NC1CC(O)C(O)CC1c1ccc2c(c1)OCO2. The Hall–Kier alpha value is -1.30. The number of benzene rings is 1. The number of nitrogens with two attached hydrogens (primary N) is 1. The third-order valence-corrected chi connectivity index (χ3v) is 3.79. The van der Waals surface area contributed by atoms with Crippen molar-refractivity contribution in [2.75, 3.05) is 6.79 Å². The third-order valence-electron chi connectivity index (χ3n) is 3.79. The molecule has 1 heterocycles. The van der Waals surface area contributed by atoms with Crippen LogP contribution >= 0.6 is 0 Å². The maximum Gasteiger partial charge on any atom is 0.231 e. The second kappa shape index (κ2) is 4.42. The second-order valence-electron chi connectivity index (χ2n) is 4.99. The summed E-state index contributed by atoms with van der Waals surface area (Å²) in [6.45, 7) is 0.247. The van der Waals surface area contributed by atoms with Crippen LogP contribution in [0.2, 0.25) is 0 Å². The van der Waals surface area contributed by atoms with E-state index >= 15 is 0 Å². The van der Waals surface area contributed by atoms with E-state index in [1.807, 2.05) is 18.2 Å². The molecule has 0 amide bonds. The number of aliphatic hydroxyl groups excluding tert-OH is 2. The van der Waals surface area contributed by atoms with Crippen molar-refractivity contribution in [3.63, 3.8) is 0 Å². The molecule has 0 aromatic heterocycles.